The minimum Gasteiger partial charge on any atom is -0.452 e. The number of carbonyl (C=O) groups excluding carboxylic acids is 2. The van der Waals surface area contributed by atoms with Crippen molar-refractivity contribution in [1.29, 1.82) is 0 Å². The third kappa shape index (κ3) is 5.79. The van der Waals surface area contributed by atoms with E-state index in [9.17, 15) is 19.7 Å². The number of nitro groups is 1. The molecular weight excluding hydrogens is 386 g/mol. The molecule has 1 heterocycles. The predicted molar refractivity (Wildman–Crippen MR) is 113 cm³/mol. The molecule has 0 saturated carbocycles. The van der Waals surface area contributed by atoms with E-state index in [0.717, 1.165) is 38.8 Å². The topological polar surface area (TPSA) is 102 Å². The Balaban J connectivity index is 1.47. The molecule has 8 nitrogen and oxygen atoms in total. The normalized spacial score (nSPS) is 13.1. The summed E-state index contributed by atoms with van der Waals surface area (Å²) in [6.45, 7) is 1.57. The van der Waals surface area contributed by atoms with Crippen LogP contribution < -0.4 is 10.2 Å². The molecule has 0 aromatic heterocycles. The Labute approximate surface area is 175 Å². The number of anilines is 1. The van der Waals surface area contributed by atoms with E-state index in [2.05, 4.69) is 5.32 Å². The molecule has 1 aliphatic heterocycles. The highest BCUT2D eigenvalue weighted by Crippen LogP contribution is 2.31. The van der Waals surface area contributed by atoms with Crippen molar-refractivity contribution in [2.24, 2.45) is 0 Å². The van der Waals surface area contributed by atoms with E-state index in [0.29, 0.717) is 12.2 Å². The molecule has 0 unspecified atom stereocenters. The Bertz CT molecular complexity index is 895. The maximum atomic E-state index is 12.2. The number of carbonyl (C=O) groups is 2. The number of nitro benzene ring substituents is 1. The zero-order chi connectivity index (χ0) is 21.3. The van der Waals surface area contributed by atoms with E-state index in [4.69, 9.17) is 4.74 Å². The molecule has 0 atom stereocenters. The molecule has 158 valence electrons. The van der Waals surface area contributed by atoms with Gasteiger partial charge in [-0.25, -0.2) is 4.79 Å². The first-order valence-corrected chi connectivity index (χ1v) is 10.1. The second-order valence-corrected chi connectivity index (χ2v) is 7.17. The minimum atomic E-state index is -0.759. The largest absolute Gasteiger partial charge is 0.452 e. The van der Waals surface area contributed by atoms with Gasteiger partial charge in [-0.1, -0.05) is 30.3 Å². The molecule has 0 radical (unpaired) electrons. The molecule has 0 bridgehead atoms. The zero-order valence-corrected chi connectivity index (χ0v) is 16.7. The Morgan fingerprint density at radius 3 is 2.53 bits per heavy atom. The third-order valence-corrected chi connectivity index (χ3v) is 5.00. The van der Waals surface area contributed by atoms with Crippen molar-refractivity contribution in [2.45, 2.75) is 25.7 Å². The SMILES string of the molecule is O=C(COC(=O)c1ccc(N2CCCC2)c([N+](=O)[O-])c1)NCCCc1ccccc1. The van der Waals surface area contributed by atoms with Crippen molar-refractivity contribution in [3.05, 3.63) is 69.8 Å². The van der Waals surface area contributed by atoms with Gasteiger partial charge in [-0.2, -0.15) is 0 Å². The van der Waals surface area contributed by atoms with Crippen LogP contribution in [0.25, 0.3) is 0 Å². The average molecular weight is 411 g/mol. The van der Waals surface area contributed by atoms with E-state index in [-0.39, 0.29) is 11.3 Å². The number of benzene rings is 2. The van der Waals surface area contributed by atoms with E-state index in [1.165, 1.54) is 17.7 Å². The quantitative estimate of drug-likeness (QED) is 0.294. The second-order valence-electron chi connectivity index (χ2n) is 7.17. The lowest BCUT2D eigenvalue weighted by Gasteiger charge is -2.17. The van der Waals surface area contributed by atoms with Crippen LogP contribution in [-0.4, -0.2) is 43.0 Å². The van der Waals surface area contributed by atoms with Crippen LogP contribution in [0.5, 0.6) is 0 Å². The molecule has 3 rings (SSSR count). The highest BCUT2D eigenvalue weighted by atomic mass is 16.6. The lowest BCUT2D eigenvalue weighted by Crippen LogP contribution is -2.29. The first-order valence-electron chi connectivity index (χ1n) is 10.1. The van der Waals surface area contributed by atoms with Crippen LogP contribution in [0.1, 0.15) is 35.2 Å². The van der Waals surface area contributed by atoms with E-state index in [1.807, 2.05) is 35.2 Å². The Morgan fingerprint density at radius 2 is 1.83 bits per heavy atom. The van der Waals surface area contributed by atoms with E-state index in [1.54, 1.807) is 6.07 Å². The van der Waals surface area contributed by atoms with Crippen molar-refractivity contribution < 1.29 is 19.2 Å². The van der Waals surface area contributed by atoms with E-state index >= 15 is 0 Å². The maximum absolute atomic E-state index is 12.2. The van der Waals surface area contributed by atoms with Crippen molar-refractivity contribution in [3.8, 4) is 0 Å². The summed E-state index contributed by atoms with van der Waals surface area (Å²) in [6, 6.07) is 14.2. The molecule has 30 heavy (non-hydrogen) atoms. The van der Waals surface area contributed by atoms with Crippen LogP contribution in [0.15, 0.2) is 48.5 Å². The fraction of sp³-hybridized carbons (Fsp3) is 0.364. The van der Waals surface area contributed by atoms with Gasteiger partial charge in [0.2, 0.25) is 0 Å². The van der Waals surface area contributed by atoms with Gasteiger partial charge in [0.1, 0.15) is 5.69 Å². The van der Waals surface area contributed by atoms with E-state index < -0.39 is 23.4 Å². The van der Waals surface area contributed by atoms with Gasteiger partial charge >= 0.3 is 5.97 Å². The number of aryl methyl sites for hydroxylation is 1. The number of amides is 1. The number of hydrogen-bond donors (Lipinski definition) is 1. The fourth-order valence-corrected chi connectivity index (χ4v) is 3.45. The summed E-state index contributed by atoms with van der Waals surface area (Å²) >= 11 is 0. The van der Waals surface area contributed by atoms with Crippen molar-refractivity contribution >= 4 is 23.3 Å². The highest BCUT2D eigenvalue weighted by molar-refractivity contribution is 5.93. The number of hydrogen-bond acceptors (Lipinski definition) is 6. The van der Waals surface area contributed by atoms with Gasteiger partial charge in [0.05, 0.1) is 10.5 Å². The van der Waals surface area contributed by atoms with Crippen molar-refractivity contribution in [2.75, 3.05) is 31.1 Å². The van der Waals surface area contributed by atoms with Gasteiger partial charge in [0.15, 0.2) is 6.61 Å². The van der Waals surface area contributed by atoms with Gasteiger partial charge in [0.25, 0.3) is 11.6 Å². The van der Waals surface area contributed by atoms with Gasteiger partial charge < -0.3 is 15.0 Å². The van der Waals surface area contributed by atoms with Gasteiger partial charge in [-0.05, 0) is 43.4 Å². The molecule has 0 spiro atoms. The summed E-state index contributed by atoms with van der Waals surface area (Å²) in [7, 11) is 0. The standard InChI is InChI=1S/C22H25N3O5/c26-21(23-12-6-9-17-7-2-1-3-8-17)16-30-22(27)18-10-11-19(20(15-18)25(28)29)24-13-4-5-14-24/h1-3,7-8,10-11,15H,4-6,9,12-14,16H2,(H,23,26). The predicted octanol–water partition coefficient (Wildman–Crippen LogP) is 3.10. The lowest BCUT2D eigenvalue weighted by atomic mass is 10.1. The van der Waals surface area contributed by atoms with Crippen LogP contribution in [0.4, 0.5) is 11.4 Å². The third-order valence-electron chi connectivity index (χ3n) is 5.00. The molecule has 1 amide bonds. The van der Waals surface area contributed by atoms with Gasteiger partial charge in [-0.3, -0.25) is 14.9 Å². The molecule has 1 aliphatic rings. The van der Waals surface area contributed by atoms with Crippen LogP contribution in [0.2, 0.25) is 0 Å². The summed E-state index contributed by atoms with van der Waals surface area (Å²) in [5, 5.41) is 14.1. The minimum absolute atomic E-state index is 0.0570. The summed E-state index contributed by atoms with van der Waals surface area (Å²) in [6.07, 6.45) is 3.59. The maximum Gasteiger partial charge on any atom is 0.338 e. The number of rotatable bonds is 9. The highest BCUT2D eigenvalue weighted by Gasteiger charge is 2.24. The number of nitrogens with one attached hydrogen (secondary N) is 1. The molecule has 0 aliphatic carbocycles. The van der Waals surface area contributed by atoms with Crippen LogP contribution in [0, 0.1) is 10.1 Å². The van der Waals surface area contributed by atoms with Crippen LogP contribution in [0.3, 0.4) is 0 Å². The zero-order valence-electron chi connectivity index (χ0n) is 16.7. The summed E-state index contributed by atoms with van der Waals surface area (Å²) < 4.78 is 5.02. The number of ether oxygens (including phenoxy) is 1. The monoisotopic (exact) mass is 411 g/mol. The molecule has 2 aromatic carbocycles. The Morgan fingerprint density at radius 1 is 1.10 bits per heavy atom. The molecular formula is C22H25N3O5. The molecule has 8 heteroatoms. The molecule has 1 saturated heterocycles. The Kier molecular flexibility index (Phi) is 7.37. The van der Waals surface area contributed by atoms with Crippen LogP contribution >= 0.6 is 0 Å². The second kappa shape index (κ2) is 10.4. The Hall–Kier alpha value is -3.42. The fourth-order valence-electron chi connectivity index (χ4n) is 3.45. The van der Waals surface area contributed by atoms with Gasteiger partial charge in [0, 0.05) is 25.7 Å². The van der Waals surface area contributed by atoms with Crippen LogP contribution in [-0.2, 0) is 16.0 Å². The van der Waals surface area contributed by atoms with Gasteiger partial charge in [-0.15, -0.1) is 0 Å². The summed E-state index contributed by atoms with van der Waals surface area (Å²) in [5.41, 5.74) is 1.63. The smallest absolute Gasteiger partial charge is 0.338 e. The lowest BCUT2D eigenvalue weighted by molar-refractivity contribution is -0.384. The summed E-state index contributed by atoms with van der Waals surface area (Å²) in [5.74, 6) is -1.16. The number of esters is 1. The summed E-state index contributed by atoms with van der Waals surface area (Å²) in [4.78, 5) is 37.0. The number of nitrogens with zero attached hydrogens (tertiary/aromatic N) is 2. The molecule has 2 aromatic rings. The average Bonchev–Trinajstić information content (AvgIpc) is 3.30. The molecule has 1 N–H and O–H groups in total. The van der Waals surface area contributed by atoms with Crippen molar-refractivity contribution in [3.63, 3.8) is 0 Å². The first kappa shape index (κ1) is 21.3. The van der Waals surface area contributed by atoms with Crippen molar-refractivity contribution in [1.82, 2.24) is 5.32 Å². The first-order chi connectivity index (χ1) is 14.5. The molecule has 1 fully saturated rings.